The molecular weight excluding hydrogens is 401 g/mol. The summed E-state index contributed by atoms with van der Waals surface area (Å²) in [5.74, 6) is 0.371. The Morgan fingerprint density at radius 1 is 1.17 bits per heavy atom. The number of hydrogen-bond acceptors (Lipinski definition) is 2. The third-order valence-corrected chi connectivity index (χ3v) is 7.41. The molecule has 0 aliphatic rings. The van der Waals surface area contributed by atoms with Gasteiger partial charge in [-0.1, -0.05) is 64.3 Å². The lowest BCUT2D eigenvalue weighted by Crippen LogP contribution is -2.11. The number of aryl methyl sites for hydroxylation is 1. The van der Waals surface area contributed by atoms with Crippen LogP contribution < -0.4 is 5.32 Å². The molecule has 2 aromatic carbocycles. The molecule has 1 nitrogen and oxygen atoms in total. The molecule has 0 aliphatic heterocycles. The molecule has 158 valence electrons. The van der Waals surface area contributed by atoms with Crippen LogP contribution in [0.3, 0.4) is 0 Å². The minimum absolute atomic E-state index is 0.209. The first-order chi connectivity index (χ1) is 13.7. The van der Waals surface area contributed by atoms with Gasteiger partial charge in [-0.05, 0) is 67.1 Å². The van der Waals surface area contributed by atoms with Gasteiger partial charge in [0.25, 0.3) is 0 Å². The second-order valence-corrected chi connectivity index (χ2v) is 9.73. The van der Waals surface area contributed by atoms with Crippen LogP contribution in [0, 0.1) is 25.6 Å². The van der Waals surface area contributed by atoms with E-state index < -0.39 is 0 Å². The van der Waals surface area contributed by atoms with Crippen LogP contribution in [0.5, 0.6) is 0 Å². The Morgan fingerprint density at radius 3 is 2.52 bits per heavy atom. The van der Waals surface area contributed by atoms with Crippen molar-refractivity contribution in [2.24, 2.45) is 5.92 Å². The zero-order valence-corrected chi connectivity index (χ0v) is 19.8. The first-order valence-electron chi connectivity index (χ1n) is 10.4. The highest BCUT2D eigenvalue weighted by Gasteiger charge is 2.17. The number of hydrogen-bond donors (Lipinski definition) is 1. The zero-order chi connectivity index (χ0) is 21.6. The molecule has 0 bridgehead atoms. The first-order valence-corrected chi connectivity index (χ1v) is 11.7. The summed E-state index contributed by atoms with van der Waals surface area (Å²) in [5, 5.41) is 4.55. The number of rotatable bonds is 10. The first kappa shape index (κ1) is 23.8. The van der Waals surface area contributed by atoms with Crippen molar-refractivity contribution < 1.29 is 4.39 Å². The average molecular weight is 434 g/mol. The molecule has 0 radical (unpaired) electrons. The SMILES string of the molecule is C=C(Nc1cc(C)c(C)c(F)c1)c1ccc(Cl)c(SC(CCCCC)C(C)C)c1. The second-order valence-electron chi connectivity index (χ2n) is 8.04. The highest BCUT2D eigenvalue weighted by atomic mass is 35.5. The van der Waals surface area contributed by atoms with E-state index in [0.717, 1.165) is 26.7 Å². The topological polar surface area (TPSA) is 12.0 Å². The summed E-state index contributed by atoms with van der Waals surface area (Å²) < 4.78 is 14.1. The second kappa shape index (κ2) is 11.1. The van der Waals surface area contributed by atoms with Crippen molar-refractivity contribution in [3.63, 3.8) is 0 Å². The lowest BCUT2D eigenvalue weighted by molar-refractivity contribution is 0.540. The van der Waals surface area contributed by atoms with Gasteiger partial charge in [-0.2, -0.15) is 0 Å². The van der Waals surface area contributed by atoms with Crippen LogP contribution in [0.25, 0.3) is 5.70 Å². The van der Waals surface area contributed by atoms with E-state index in [1.807, 2.05) is 36.9 Å². The molecule has 0 aromatic heterocycles. The van der Waals surface area contributed by atoms with Crippen molar-refractivity contribution in [1.82, 2.24) is 0 Å². The summed E-state index contributed by atoms with van der Waals surface area (Å²) in [4.78, 5) is 1.08. The molecule has 1 atom stereocenters. The quantitative estimate of drug-likeness (QED) is 0.296. The summed E-state index contributed by atoms with van der Waals surface area (Å²) in [6, 6.07) is 9.44. The molecule has 29 heavy (non-hydrogen) atoms. The minimum Gasteiger partial charge on any atom is -0.355 e. The van der Waals surface area contributed by atoms with Crippen molar-refractivity contribution in [1.29, 1.82) is 0 Å². The van der Waals surface area contributed by atoms with Crippen LogP contribution in [0.1, 0.15) is 63.1 Å². The third kappa shape index (κ3) is 6.79. The highest BCUT2D eigenvalue weighted by molar-refractivity contribution is 8.00. The molecule has 2 rings (SSSR count). The van der Waals surface area contributed by atoms with Crippen molar-refractivity contribution in [3.05, 3.63) is 64.4 Å². The Hall–Kier alpha value is -1.45. The van der Waals surface area contributed by atoms with Crippen molar-refractivity contribution in [3.8, 4) is 0 Å². The standard InChI is InChI=1S/C25H33ClFNS/c1-7-8-9-10-24(16(2)3)29-25-14-20(11-12-22(25)26)19(6)28-21-13-17(4)18(5)23(27)15-21/h11-16,24,28H,6-10H2,1-5H3. The molecule has 0 saturated carbocycles. The average Bonchev–Trinajstić information content (AvgIpc) is 2.66. The van der Waals surface area contributed by atoms with Gasteiger partial charge >= 0.3 is 0 Å². The monoisotopic (exact) mass is 433 g/mol. The van der Waals surface area contributed by atoms with E-state index in [2.05, 4.69) is 38.7 Å². The lowest BCUT2D eigenvalue weighted by Gasteiger charge is -2.21. The largest absolute Gasteiger partial charge is 0.355 e. The molecule has 4 heteroatoms. The van der Waals surface area contributed by atoms with Crippen LogP contribution in [-0.4, -0.2) is 5.25 Å². The molecular formula is C25H33ClFNS. The van der Waals surface area contributed by atoms with Gasteiger partial charge in [-0.3, -0.25) is 0 Å². The number of halogens is 2. The molecule has 0 spiro atoms. The van der Waals surface area contributed by atoms with Gasteiger partial charge in [0.1, 0.15) is 5.82 Å². The fourth-order valence-corrected chi connectivity index (χ4v) is 4.71. The van der Waals surface area contributed by atoms with Gasteiger partial charge in [0.15, 0.2) is 0 Å². The van der Waals surface area contributed by atoms with Gasteiger partial charge in [0, 0.05) is 21.5 Å². The molecule has 1 N–H and O–H groups in total. The third-order valence-electron chi connectivity index (χ3n) is 5.29. The normalized spacial score (nSPS) is 12.3. The molecule has 0 saturated heterocycles. The fourth-order valence-electron chi connectivity index (χ4n) is 3.20. The molecule has 2 aromatic rings. The van der Waals surface area contributed by atoms with Crippen LogP contribution in [0.2, 0.25) is 5.02 Å². The Labute approximate surface area is 185 Å². The van der Waals surface area contributed by atoms with Gasteiger partial charge in [-0.15, -0.1) is 11.8 Å². The Balaban J connectivity index is 2.17. The molecule has 0 fully saturated rings. The maximum atomic E-state index is 14.1. The number of benzene rings is 2. The minimum atomic E-state index is -0.209. The molecule has 1 unspecified atom stereocenters. The van der Waals surface area contributed by atoms with Gasteiger partial charge < -0.3 is 5.32 Å². The van der Waals surface area contributed by atoms with Gasteiger partial charge in [0.2, 0.25) is 0 Å². The van der Waals surface area contributed by atoms with E-state index in [1.165, 1.54) is 31.7 Å². The van der Waals surface area contributed by atoms with Crippen LogP contribution in [0.4, 0.5) is 10.1 Å². The summed E-state index contributed by atoms with van der Waals surface area (Å²) in [7, 11) is 0. The summed E-state index contributed by atoms with van der Waals surface area (Å²) in [6.45, 7) is 14.6. The maximum Gasteiger partial charge on any atom is 0.128 e. The lowest BCUT2D eigenvalue weighted by atomic mass is 10.0. The zero-order valence-electron chi connectivity index (χ0n) is 18.2. The number of thioether (sulfide) groups is 1. The van der Waals surface area contributed by atoms with E-state index in [0.29, 0.717) is 22.4 Å². The molecule has 0 amide bonds. The van der Waals surface area contributed by atoms with E-state index >= 15 is 0 Å². The van der Waals surface area contributed by atoms with E-state index in [9.17, 15) is 4.39 Å². The predicted molar refractivity (Wildman–Crippen MR) is 129 cm³/mol. The number of unbranched alkanes of at least 4 members (excludes halogenated alkanes) is 2. The van der Waals surface area contributed by atoms with Gasteiger partial charge in [-0.25, -0.2) is 4.39 Å². The van der Waals surface area contributed by atoms with E-state index in [-0.39, 0.29) is 5.82 Å². The van der Waals surface area contributed by atoms with E-state index in [1.54, 1.807) is 6.92 Å². The fraction of sp³-hybridized carbons (Fsp3) is 0.440. The Morgan fingerprint density at radius 2 is 1.90 bits per heavy atom. The smallest absolute Gasteiger partial charge is 0.128 e. The highest BCUT2D eigenvalue weighted by Crippen LogP contribution is 2.37. The molecule has 0 aliphatic carbocycles. The van der Waals surface area contributed by atoms with Crippen molar-refractivity contribution in [2.75, 3.05) is 5.32 Å². The predicted octanol–water partition coefficient (Wildman–Crippen LogP) is 8.88. The van der Waals surface area contributed by atoms with Crippen molar-refractivity contribution in [2.45, 2.75) is 70.4 Å². The van der Waals surface area contributed by atoms with Crippen LogP contribution in [-0.2, 0) is 0 Å². The summed E-state index contributed by atoms with van der Waals surface area (Å²) in [6.07, 6.45) is 4.94. The van der Waals surface area contributed by atoms with Crippen LogP contribution in [0.15, 0.2) is 41.8 Å². The number of nitrogens with one attached hydrogen (secondary N) is 1. The van der Waals surface area contributed by atoms with E-state index in [4.69, 9.17) is 11.6 Å². The van der Waals surface area contributed by atoms with Crippen molar-refractivity contribution >= 4 is 34.7 Å². The summed E-state index contributed by atoms with van der Waals surface area (Å²) in [5.41, 5.74) is 4.00. The summed E-state index contributed by atoms with van der Waals surface area (Å²) >= 11 is 8.37. The number of anilines is 1. The maximum absolute atomic E-state index is 14.1. The Kier molecular flexibility index (Phi) is 9.10. The van der Waals surface area contributed by atoms with Crippen LogP contribution >= 0.6 is 23.4 Å². The Bertz CT molecular complexity index is 824. The molecule has 0 heterocycles. The van der Waals surface area contributed by atoms with Gasteiger partial charge in [0.05, 0.1) is 5.02 Å².